The fourth-order valence-corrected chi connectivity index (χ4v) is 3.85. The Kier molecular flexibility index (Phi) is 10.6. The number of aliphatic carboxylic acids is 2. The average molecular weight is 419 g/mol. The molecule has 2 N–H and O–H groups in total. The summed E-state index contributed by atoms with van der Waals surface area (Å²) in [6.07, 6.45) is 11.0. The second kappa shape index (κ2) is 12.1. The number of rotatable bonds is 15. The second-order valence-corrected chi connectivity index (χ2v) is 10.1. The van der Waals surface area contributed by atoms with Crippen LogP contribution in [0.3, 0.4) is 0 Å². The summed E-state index contributed by atoms with van der Waals surface area (Å²) in [6, 6.07) is 6.56. The monoisotopic (exact) mass is 418 g/mol. The number of unbranched alkanes of at least 4 members (excludes halogenated alkanes) is 5. The summed E-state index contributed by atoms with van der Waals surface area (Å²) >= 11 is 0. The maximum atomic E-state index is 11.2. The lowest BCUT2D eigenvalue weighted by Crippen LogP contribution is -2.23. The normalized spacial score (nSPS) is 12.2. The van der Waals surface area contributed by atoms with Gasteiger partial charge in [0, 0.05) is 0 Å². The minimum absolute atomic E-state index is 0.622. The predicted molar refractivity (Wildman–Crippen MR) is 123 cm³/mol. The van der Waals surface area contributed by atoms with Gasteiger partial charge in [0.15, 0.2) is 0 Å². The van der Waals surface area contributed by atoms with Gasteiger partial charge in [0.25, 0.3) is 0 Å². The van der Waals surface area contributed by atoms with Crippen molar-refractivity contribution in [3.05, 3.63) is 34.9 Å². The molecule has 0 amide bonds. The Balaban J connectivity index is 2.40. The first-order chi connectivity index (χ1) is 14.0. The fourth-order valence-electron chi connectivity index (χ4n) is 3.85. The molecular weight excluding hydrogens is 376 g/mol. The zero-order valence-corrected chi connectivity index (χ0v) is 19.7. The van der Waals surface area contributed by atoms with Crippen LogP contribution >= 0.6 is 0 Å². The highest BCUT2D eigenvalue weighted by atomic mass is 16.4. The van der Waals surface area contributed by atoms with Gasteiger partial charge in [-0.25, -0.2) is 0 Å². The largest absolute Gasteiger partial charge is 0.481 e. The third-order valence-corrected chi connectivity index (χ3v) is 6.39. The van der Waals surface area contributed by atoms with Crippen LogP contribution in [-0.4, -0.2) is 22.2 Å². The SMILES string of the molecule is Cc1cccc(CCCCCCC(C)(C)C(=O)O)c1CCCCCC(C)(C)C(=O)O. The third kappa shape index (κ3) is 8.89. The Morgan fingerprint density at radius 3 is 1.73 bits per heavy atom. The van der Waals surface area contributed by atoms with E-state index in [0.29, 0.717) is 0 Å². The van der Waals surface area contributed by atoms with E-state index in [1.807, 2.05) is 0 Å². The molecule has 0 aliphatic heterocycles. The summed E-state index contributed by atoms with van der Waals surface area (Å²) in [5.74, 6) is -1.42. The summed E-state index contributed by atoms with van der Waals surface area (Å²) in [6.45, 7) is 9.39. The predicted octanol–water partition coefficient (Wildman–Crippen LogP) is 6.81. The molecule has 0 aliphatic carbocycles. The average Bonchev–Trinajstić information content (AvgIpc) is 2.65. The molecule has 4 heteroatoms. The second-order valence-electron chi connectivity index (χ2n) is 10.1. The number of carboxylic acids is 2. The topological polar surface area (TPSA) is 74.6 Å². The van der Waals surface area contributed by atoms with Crippen molar-refractivity contribution >= 4 is 11.9 Å². The number of hydrogen-bond donors (Lipinski definition) is 2. The van der Waals surface area contributed by atoms with Gasteiger partial charge in [0.2, 0.25) is 0 Å². The maximum Gasteiger partial charge on any atom is 0.309 e. The van der Waals surface area contributed by atoms with Crippen LogP contribution in [0.2, 0.25) is 0 Å². The van der Waals surface area contributed by atoms with Gasteiger partial charge in [-0.2, -0.15) is 0 Å². The van der Waals surface area contributed by atoms with E-state index < -0.39 is 22.8 Å². The summed E-state index contributed by atoms with van der Waals surface area (Å²) in [4.78, 5) is 22.4. The Labute approximate surface area is 183 Å². The number of hydrogen-bond acceptors (Lipinski definition) is 2. The third-order valence-electron chi connectivity index (χ3n) is 6.39. The molecule has 0 unspecified atom stereocenters. The van der Waals surface area contributed by atoms with Gasteiger partial charge >= 0.3 is 11.9 Å². The molecule has 170 valence electrons. The lowest BCUT2D eigenvalue weighted by molar-refractivity contribution is -0.148. The van der Waals surface area contributed by atoms with Gasteiger partial charge in [-0.05, 0) is 89.8 Å². The first-order valence-electron chi connectivity index (χ1n) is 11.5. The molecule has 0 radical (unpaired) electrons. The molecule has 0 spiro atoms. The van der Waals surface area contributed by atoms with E-state index in [-0.39, 0.29) is 0 Å². The van der Waals surface area contributed by atoms with E-state index >= 15 is 0 Å². The van der Waals surface area contributed by atoms with Crippen molar-refractivity contribution in [1.29, 1.82) is 0 Å². The molecule has 1 rings (SSSR count). The molecule has 0 saturated carbocycles. The van der Waals surface area contributed by atoms with E-state index in [4.69, 9.17) is 0 Å². The smallest absolute Gasteiger partial charge is 0.309 e. The fraction of sp³-hybridized carbons (Fsp3) is 0.692. The first kappa shape index (κ1) is 26.2. The van der Waals surface area contributed by atoms with Crippen LogP contribution in [0.15, 0.2) is 18.2 Å². The minimum atomic E-state index is -0.713. The lowest BCUT2D eigenvalue weighted by atomic mass is 9.86. The van der Waals surface area contributed by atoms with Crippen molar-refractivity contribution in [3.8, 4) is 0 Å². The molecule has 0 heterocycles. The first-order valence-corrected chi connectivity index (χ1v) is 11.5. The van der Waals surface area contributed by atoms with E-state index in [1.54, 1.807) is 27.7 Å². The van der Waals surface area contributed by atoms with Crippen LogP contribution in [-0.2, 0) is 22.4 Å². The van der Waals surface area contributed by atoms with Gasteiger partial charge in [-0.1, -0.05) is 50.3 Å². The Bertz CT molecular complexity index is 688. The van der Waals surface area contributed by atoms with Crippen molar-refractivity contribution in [2.24, 2.45) is 10.8 Å². The van der Waals surface area contributed by atoms with Crippen LogP contribution < -0.4 is 0 Å². The zero-order chi connectivity index (χ0) is 22.8. The van der Waals surface area contributed by atoms with Gasteiger partial charge in [-0.3, -0.25) is 9.59 Å². The Morgan fingerprint density at radius 2 is 1.20 bits per heavy atom. The number of benzene rings is 1. The van der Waals surface area contributed by atoms with Gasteiger partial charge in [0.1, 0.15) is 0 Å². The van der Waals surface area contributed by atoms with E-state index in [9.17, 15) is 19.8 Å². The Hall–Kier alpha value is -1.84. The van der Waals surface area contributed by atoms with E-state index in [0.717, 1.165) is 70.6 Å². The number of aryl methyl sites for hydroxylation is 2. The van der Waals surface area contributed by atoms with Gasteiger partial charge in [0.05, 0.1) is 10.8 Å². The highest BCUT2D eigenvalue weighted by Gasteiger charge is 2.26. The van der Waals surface area contributed by atoms with Crippen molar-refractivity contribution in [1.82, 2.24) is 0 Å². The molecule has 1 aromatic carbocycles. The summed E-state index contributed by atoms with van der Waals surface area (Å²) in [5, 5.41) is 18.4. The van der Waals surface area contributed by atoms with Crippen LogP contribution in [0.5, 0.6) is 0 Å². The molecule has 0 bridgehead atoms. The van der Waals surface area contributed by atoms with Crippen LogP contribution in [0, 0.1) is 17.8 Å². The lowest BCUT2D eigenvalue weighted by Gasteiger charge is -2.19. The molecular formula is C26H42O4. The number of carbonyl (C=O) groups is 2. The molecule has 0 atom stereocenters. The molecule has 0 aliphatic rings. The maximum absolute atomic E-state index is 11.2. The highest BCUT2D eigenvalue weighted by molar-refractivity contribution is 5.73. The van der Waals surface area contributed by atoms with E-state index in [1.165, 1.54) is 16.7 Å². The van der Waals surface area contributed by atoms with Crippen molar-refractivity contribution in [3.63, 3.8) is 0 Å². The minimum Gasteiger partial charge on any atom is -0.481 e. The van der Waals surface area contributed by atoms with Gasteiger partial charge < -0.3 is 10.2 Å². The Morgan fingerprint density at radius 1 is 0.733 bits per heavy atom. The summed E-state index contributed by atoms with van der Waals surface area (Å²) in [5.41, 5.74) is 2.99. The molecule has 0 aromatic heterocycles. The molecule has 4 nitrogen and oxygen atoms in total. The summed E-state index contributed by atoms with van der Waals surface area (Å²) in [7, 11) is 0. The van der Waals surface area contributed by atoms with Gasteiger partial charge in [-0.15, -0.1) is 0 Å². The zero-order valence-electron chi connectivity index (χ0n) is 19.7. The highest BCUT2D eigenvalue weighted by Crippen LogP contribution is 2.26. The molecule has 30 heavy (non-hydrogen) atoms. The molecule has 0 saturated heterocycles. The van der Waals surface area contributed by atoms with Crippen LogP contribution in [0.25, 0.3) is 0 Å². The van der Waals surface area contributed by atoms with E-state index in [2.05, 4.69) is 25.1 Å². The van der Waals surface area contributed by atoms with Crippen molar-refractivity contribution in [2.75, 3.05) is 0 Å². The standard InChI is InChI=1S/C26H42O4/c1-20-14-13-16-21(15-9-6-7-11-18-25(2,3)23(27)28)22(20)17-10-8-12-19-26(4,5)24(29)30/h13-14,16H,6-12,15,17-19H2,1-5H3,(H,27,28)(H,29,30). The number of carboxylic acid groups (broad SMARTS) is 2. The van der Waals surface area contributed by atoms with Crippen molar-refractivity contribution in [2.45, 2.75) is 105 Å². The quantitative estimate of drug-likeness (QED) is 0.307. The van der Waals surface area contributed by atoms with Crippen LogP contribution in [0.4, 0.5) is 0 Å². The molecule has 0 fully saturated rings. The summed E-state index contributed by atoms with van der Waals surface area (Å²) < 4.78 is 0. The molecule has 1 aromatic rings. The van der Waals surface area contributed by atoms with Crippen LogP contribution in [0.1, 0.15) is 102 Å². The van der Waals surface area contributed by atoms with Crippen molar-refractivity contribution < 1.29 is 19.8 Å².